The van der Waals surface area contributed by atoms with Gasteiger partial charge in [0.25, 0.3) is 5.91 Å². The molecule has 0 saturated heterocycles. The largest absolute Gasteiger partial charge is 0.466 e. The summed E-state index contributed by atoms with van der Waals surface area (Å²) in [5.74, 6) is -1.02. The molecule has 0 fully saturated rings. The average Bonchev–Trinajstić information content (AvgIpc) is 2.75. The third-order valence-electron chi connectivity index (χ3n) is 4.81. The number of nitrogens with zero attached hydrogens (tertiary/aromatic N) is 1. The molecule has 0 saturated carbocycles. The number of esters is 1. The first-order chi connectivity index (χ1) is 15.1. The molecule has 0 aliphatic heterocycles. The van der Waals surface area contributed by atoms with Crippen molar-refractivity contribution < 1.29 is 23.9 Å². The molecule has 6 heteroatoms. The van der Waals surface area contributed by atoms with E-state index in [9.17, 15) is 14.4 Å². The summed E-state index contributed by atoms with van der Waals surface area (Å²) in [5.41, 5.74) is 1.69. The molecular formula is C26H33NO5. The number of imide groups is 1. The van der Waals surface area contributed by atoms with Crippen LogP contribution >= 0.6 is 0 Å². The van der Waals surface area contributed by atoms with Crippen LogP contribution < -0.4 is 0 Å². The summed E-state index contributed by atoms with van der Waals surface area (Å²) in [6, 6.07) is 17.0. The van der Waals surface area contributed by atoms with Gasteiger partial charge in [0.15, 0.2) is 0 Å². The molecule has 0 aromatic heterocycles. The number of rotatable bonds is 8. The van der Waals surface area contributed by atoms with Crippen molar-refractivity contribution in [1.29, 1.82) is 0 Å². The van der Waals surface area contributed by atoms with Crippen molar-refractivity contribution in [3.8, 4) is 11.1 Å². The van der Waals surface area contributed by atoms with Gasteiger partial charge in [-0.3, -0.25) is 9.59 Å². The Morgan fingerprint density at radius 1 is 0.938 bits per heavy atom. The summed E-state index contributed by atoms with van der Waals surface area (Å²) in [5, 5.41) is 0. The summed E-state index contributed by atoms with van der Waals surface area (Å²) < 4.78 is 10.5. The fourth-order valence-electron chi connectivity index (χ4n) is 3.14. The van der Waals surface area contributed by atoms with E-state index < -0.39 is 17.6 Å². The van der Waals surface area contributed by atoms with Crippen LogP contribution in [0, 0.1) is 5.92 Å². The molecule has 0 radical (unpaired) electrons. The molecule has 2 aromatic rings. The fraction of sp³-hybridized carbons (Fsp3) is 0.423. The van der Waals surface area contributed by atoms with Gasteiger partial charge in [0.1, 0.15) is 5.60 Å². The van der Waals surface area contributed by atoms with E-state index in [0.717, 1.165) is 16.0 Å². The predicted molar refractivity (Wildman–Crippen MR) is 124 cm³/mol. The van der Waals surface area contributed by atoms with E-state index in [2.05, 4.69) is 0 Å². The molecule has 0 N–H and O–H groups in total. The molecule has 0 unspecified atom stereocenters. The monoisotopic (exact) mass is 439 g/mol. The van der Waals surface area contributed by atoms with Crippen LogP contribution in [0.4, 0.5) is 4.79 Å². The standard InChI is InChI=1S/C26H33NO5/c1-6-31-24(29)19(2)11-10-18-27(25(30)32-26(3,4)5)23(28)22-16-14-21(15-17-22)20-12-8-7-9-13-20/h7-9,12-17,19H,6,10-11,18H2,1-5H3/t19-/m1/s1. The second-order valence-electron chi connectivity index (χ2n) is 8.68. The first kappa shape index (κ1) is 25.1. The molecule has 1 atom stereocenters. The van der Waals surface area contributed by atoms with Crippen LogP contribution in [0.15, 0.2) is 54.6 Å². The number of amides is 2. The lowest BCUT2D eigenvalue weighted by Gasteiger charge is -2.26. The number of carbonyl (C=O) groups is 3. The summed E-state index contributed by atoms with van der Waals surface area (Å²) in [7, 11) is 0. The number of carbonyl (C=O) groups excluding carboxylic acids is 3. The Morgan fingerprint density at radius 3 is 2.09 bits per heavy atom. The van der Waals surface area contributed by atoms with Crippen LogP contribution in [-0.4, -0.2) is 41.6 Å². The van der Waals surface area contributed by atoms with Crippen LogP contribution in [0.1, 0.15) is 57.8 Å². The van der Waals surface area contributed by atoms with E-state index in [4.69, 9.17) is 9.47 Å². The van der Waals surface area contributed by atoms with Gasteiger partial charge in [0, 0.05) is 12.1 Å². The van der Waals surface area contributed by atoms with E-state index >= 15 is 0 Å². The first-order valence-corrected chi connectivity index (χ1v) is 11.0. The van der Waals surface area contributed by atoms with E-state index in [1.807, 2.05) is 42.5 Å². The summed E-state index contributed by atoms with van der Waals surface area (Å²) in [6.45, 7) is 9.28. The fourth-order valence-corrected chi connectivity index (χ4v) is 3.14. The van der Waals surface area contributed by atoms with Crippen molar-refractivity contribution in [2.75, 3.05) is 13.2 Å². The van der Waals surface area contributed by atoms with Gasteiger partial charge in [-0.25, -0.2) is 9.69 Å². The minimum Gasteiger partial charge on any atom is -0.466 e. The summed E-state index contributed by atoms with van der Waals surface area (Å²) >= 11 is 0. The Labute approximate surface area is 190 Å². The van der Waals surface area contributed by atoms with Gasteiger partial charge >= 0.3 is 12.1 Å². The number of ether oxygens (including phenoxy) is 2. The van der Waals surface area contributed by atoms with Crippen molar-refractivity contribution in [1.82, 2.24) is 4.90 Å². The molecule has 172 valence electrons. The third-order valence-corrected chi connectivity index (χ3v) is 4.81. The third kappa shape index (κ3) is 7.52. The summed E-state index contributed by atoms with van der Waals surface area (Å²) in [6.07, 6.45) is 0.268. The maximum Gasteiger partial charge on any atom is 0.417 e. The Morgan fingerprint density at radius 2 is 1.53 bits per heavy atom. The molecule has 6 nitrogen and oxygen atoms in total. The van der Waals surface area contributed by atoms with Crippen LogP contribution in [0.5, 0.6) is 0 Å². The van der Waals surface area contributed by atoms with Gasteiger partial charge in [-0.1, -0.05) is 49.4 Å². The number of benzene rings is 2. The lowest BCUT2D eigenvalue weighted by atomic mass is 10.0. The van der Waals surface area contributed by atoms with Crippen molar-refractivity contribution in [3.63, 3.8) is 0 Å². The normalized spacial score (nSPS) is 12.0. The smallest absolute Gasteiger partial charge is 0.417 e. The Hall–Kier alpha value is -3.15. The molecule has 0 aliphatic rings. The zero-order chi connectivity index (χ0) is 23.7. The van der Waals surface area contributed by atoms with Crippen LogP contribution in [0.3, 0.4) is 0 Å². The molecule has 0 bridgehead atoms. The molecular weight excluding hydrogens is 406 g/mol. The second-order valence-corrected chi connectivity index (χ2v) is 8.68. The maximum absolute atomic E-state index is 13.2. The zero-order valence-corrected chi connectivity index (χ0v) is 19.6. The second kappa shape index (κ2) is 11.5. The van der Waals surface area contributed by atoms with Gasteiger partial charge in [-0.2, -0.15) is 0 Å². The molecule has 2 amide bonds. The lowest BCUT2D eigenvalue weighted by Crippen LogP contribution is -2.41. The van der Waals surface area contributed by atoms with Crippen LogP contribution in [-0.2, 0) is 14.3 Å². The van der Waals surface area contributed by atoms with Gasteiger partial charge in [0.2, 0.25) is 0 Å². The van der Waals surface area contributed by atoms with Crippen molar-refractivity contribution in [2.45, 2.75) is 53.1 Å². The van der Waals surface area contributed by atoms with E-state index in [1.165, 1.54) is 0 Å². The minimum absolute atomic E-state index is 0.151. The Kier molecular flexibility index (Phi) is 9.00. The maximum atomic E-state index is 13.2. The lowest BCUT2D eigenvalue weighted by molar-refractivity contribution is -0.147. The minimum atomic E-state index is -0.731. The highest BCUT2D eigenvalue weighted by atomic mass is 16.6. The van der Waals surface area contributed by atoms with Gasteiger partial charge in [0.05, 0.1) is 12.5 Å². The van der Waals surface area contributed by atoms with Crippen LogP contribution in [0.25, 0.3) is 11.1 Å². The molecule has 0 spiro atoms. The predicted octanol–water partition coefficient (Wildman–Crippen LogP) is 5.71. The SMILES string of the molecule is CCOC(=O)[C@H](C)CCCN(C(=O)OC(C)(C)C)C(=O)c1ccc(-c2ccccc2)cc1. The van der Waals surface area contributed by atoms with Gasteiger partial charge < -0.3 is 9.47 Å². The highest BCUT2D eigenvalue weighted by Gasteiger charge is 2.28. The highest BCUT2D eigenvalue weighted by Crippen LogP contribution is 2.21. The molecule has 2 rings (SSSR count). The molecule has 0 heterocycles. The van der Waals surface area contributed by atoms with E-state index in [0.29, 0.717) is 25.0 Å². The number of hydrogen-bond donors (Lipinski definition) is 0. The van der Waals surface area contributed by atoms with Gasteiger partial charge in [-0.15, -0.1) is 0 Å². The summed E-state index contributed by atoms with van der Waals surface area (Å²) in [4.78, 5) is 38.9. The number of hydrogen-bond acceptors (Lipinski definition) is 5. The van der Waals surface area contributed by atoms with Gasteiger partial charge in [-0.05, 0) is 63.8 Å². The van der Waals surface area contributed by atoms with E-state index in [-0.39, 0.29) is 18.4 Å². The van der Waals surface area contributed by atoms with Crippen molar-refractivity contribution in [3.05, 3.63) is 60.2 Å². The quantitative estimate of drug-likeness (QED) is 0.493. The van der Waals surface area contributed by atoms with Crippen molar-refractivity contribution in [2.24, 2.45) is 5.92 Å². The average molecular weight is 440 g/mol. The Bertz CT molecular complexity index is 900. The molecule has 2 aromatic carbocycles. The molecule has 0 aliphatic carbocycles. The topological polar surface area (TPSA) is 72.9 Å². The Balaban J connectivity index is 2.14. The molecule has 32 heavy (non-hydrogen) atoms. The first-order valence-electron chi connectivity index (χ1n) is 11.0. The highest BCUT2D eigenvalue weighted by molar-refractivity contribution is 6.03. The van der Waals surface area contributed by atoms with E-state index in [1.54, 1.807) is 46.8 Å². The zero-order valence-electron chi connectivity index (χ0n) is 19.6. The van der Waals surface area contributed by atoms with Crippen LogP contribution in [0.2, 0.25) is 0 Å². The van der Waals surface area contributed by atoms with Crippen molar-refractivity contribution >= 4 is 18.0 Å².